The lowest BCUT2D eigenvalue weighted by Crippen LogP contribution is -2.67. The van der Waals surface area contributed by atoms with E-state index in [2.05, 4.69) is 79.5 Å². The van der Waals surface area contributed by atoms with Crippen LogP contribution >= 0.6 is 0 Å². The molecule has 7 fully saturated rings. The maximum absolute atomic E-state index is 15.7. The van der Waals surface area contributed by atoms with E-state index in [1.807, 2.05) is 54.6 Å². The van der Waals surface area contributed by atoms with Crippen LogP contribution in [0.1, 0.15) is 126 Å². The molecule has 2 spiro atoms. The summed E-state index contributed by atoms with van der Waals surface area (Å²) in [4.78, 5) is 32.7. The molecule has 6 nitrogen and oxygen atoms in total. The van der Waals surface area contributed by atoms with Gasteiger partial charge in [0.25, 0.3) is 0 Å². The molecule has 7 saturated carbocycles. The Hall–Kier alpha value is -4.00. The van der Waals surface area contributed by atoms with E-state index in [0.717, 1.165) is 77.7 Å². The fraction of sp³-hybridized carbons (Fsp3) is 0.564. The molecule has 10 aliphatic carbocycles. The van der Waals surface area contributed by atoms with E-state index in [1.54, 1.807) is 0 Å². The zero-order valence-electron chi connectivity index (χ0n) is 36.6. The average Bonchev–Trinajstić information content (AvgIpc) is 3.52. The van der Waals surface area contributed by atoms with Crippen molar-refractivity contribution < 1.29 is 19.8 Å². The molecule has 13 rings (SSSR count). The standard InChI is InChI=1S/C55H66N2O4/c1-36(40-12-6-4-7-13-40)56-49(60)57(34-52-29-37-26-38(30-52)28-39(27-37)31-52)35-54(61)23-20-47-51(54,3)22-19-46-50(2)21-18-42(58)32-53(50)24-25-55(46,47)45(33-53)48(59)44-17-11-10-16-43(44)41-14-8-5-9-15-41/h4-17,24-25,33,36-39,42,46-47,58,61H,18-23,26-32,34-35H2,1-3H3,(H,56,60). The third-order valence-corrected chi connectivity index (χ3v) is 19.3. The number of allylic oxidation sites excluding steroid dienone is 4. The smallest absolute Gasteiger partial charge is 0.317 e. The topological polar surface area (TPSA) is 89.9 Å². The van der Waals surface area contributed by atoms with Crippen molar-refractivity contribution in [2.45, 2.75) is 122 Å². The Morgan fingerprint density at radius 1 is 0.738 bits per heavy atom. The number of ketones is 1. The zero-order valence-corrected chi connectivity index (χ0v) is 36.6. The molecule has 3 aromatic rings. The van der Waals surface area contributed by atoms with Crippen LogP contribution in [0.4, 0.5) is 4.79 Å². The number of nitrogens with one attached hydrogen (secondary N) is 1. The minimum Gasteiger partial charge on any atom is -0.393 e. The Balaban J connectivity index is 0.980. The van der Waals surface area contributed by atoms with Crippen molar-refractivity contribution in [1.29, 1.82) is 0 Å². The van der Waals surface area contributed by atoms with E-state index >= 15 is 4.79 Å². The van der Waals surface area contributed by atoms with Crippen LogP contribution < -0.4 is 5.32 Å². The van der Waals surface area contributed by atoms with Gasteiger partial charge in [-0.25, -0.2) is 4.79 Å². The van der Waals surface area contributed by atoms with E-state index in [1.165, 1.54) is 38.5 Å². The fourth-order valence-corrected chi connectivity index (χ4v) is 16.8. The molecule has 0 aliphatic heterocycles. The molecule has 2 amide bonds. The largest absolute Gasteiger partial charge is 0.393 e. The highest BCUT2D eigenvalue weighted by Crippen LogP contribution is 2.78. The van der Waals surface area contributed by atoms with Gasteiger partial charge in [-0.3, -0.25) is 4.79 Å². The minimum atomic E-state index is -1.13. The monoisotopic (exact) mass is 819 g/mol. The van der Waals surface area contributed by atoms with Crippen LogP contribution in [0.15, 0.2) is 109 Å². The van der Waals surface area contributed by atoms with Gasteiger partial charge < -0.3 is 20.4 Å². The number of carbonyl (C=O) groups is 2. The number of nitrogens with zero attached hydrogens (tertiary/aromatic N) is 1. The van der Waals surface area contributed by atoms with Gasteiger partial charge in [-0.05, 0) is 148 Å². The maximum Gasteiger partial charge on any atom is 0.317 e. The van der Waals surface area contributed by atoms with Crippen molar-refractivity contribution >= 4 is 11.8 Å². The van der Waals surface area contributed by atoms with Crippen molar-refractivity contribution in [2.75, 3.05) is 13.1 Å². The number of Topliss-reactive ketones (excluding diaryl/α,β-unsaturated/α-hetero) is 1. The second-order valence-electron chi connectivity index (χ2n) is 22.4. The van der Waals surface area contributed by atoms with Gasteiger partial charge >= 0.3 is 6.03 Å². The first-order valence-corrected chi connectivity index (χ1v) is 23.9. The lowest BCUT2D eigenvalue weighted by molar-refractivity contribution is -0.176. The molecule has 0 heterocycles. The molecule has 320 valence electrons. The van der Waals surface area contributed by atoms with Gasteiger partial charge in [-0.2, -0.15) is 0 Å². The summed E-state index contributed by atoms with van der Waals surface area (Å²) in [6, 6.07) is 28.3. The van der Waals surface area contributed by atoms with E-state index in [9.17, 15) is 15.0 Å². The summed E-state index contributed by atoms with van der Waals surface area (Å²) < 4.78 is 0. The Morgan fingerprint density at radius 3 is 2.05 bits per heavy atom. The molecule has 3 aromatic carbocycles. The minimum absolute atomic E-state index is 0.00812. The Morgan fingerprint density at radius 2 is 1.34 bits per heavy atom. The van der Waals surface area contributed by atoms with E-state index in [0.29, 0.717) is 25.9 Å². The Kier molecular flexibility index (Phi) is 9.14. The van der Waals surface area contributed by atoms with Crippen molar-refractivity contribution in [2.24, 2.45) is 56.7 Å². The molecular weight excluding hydrogens is 753 g/mol. The summed E-state index contributed by atoms with van der Waals surface area (Å²) in [7, 11) is 0. The molecule has 3 N–H and O–H groups in total. The van der Waals surface area contributed by atoms with Crippen LogP contribution in [-0.4, -0.2) is 51.7 Å². The quantitative estimate of drug-likeness (QED) is 0.148. The molecule has 10 aliphatic rings. The number of fused-ring (bicyclic) bond motifs is 1. The van der Waals surface area contributed by atoms with Crippen LogP contribution in [0.5, 0.6) is 0 Å². The highest BCUT2D eigenvalue weighted by Gasteiger charge is 2.75. The number of carbonyl (C=O) groups excluding carboxylic acids is 2. The van der Waals surface area contributed by atoms with Gasteiger partial charge in [-0.15, -0.1) is 0 Å². The highest BCUT2D eigenvalue weighted by atomic mass is 16.3. The van der Waals surface area contributed by atoms with Crippen LogP contribution in [0, 0.1) is 56.7 Å². The van der Waals surface area contributed by atoms with E-state index < -0.39 is 27.9 Å². The second-order valence-corrected chi connectivity index (χ2v) is 22.4. The summed E-state index contributed by atoms with van der Waals surface area (Å²) in [6.07, 6.45) is 19.8. The number of benzene rings is 3. The number of aliphatic hydroxyl groups is 2. The predicted molar refractivity (Wildman–Crippen MR) is 240 cm³/mol. The molecular formula is C55H66N2O4. The third-order valence-electron chi connectivity index (χ3n) is 19.3. The van der Waals surface area contributed by atoms with Gasteiger partial charge in [0, 0.05) is 33.9 Å². The molecule has 61 heavy (non-hydrogen) atoms. The third kappa shape index (κ3) is 5.86. The molecule has 9 unspecified atom stereocenters. The van der Waals surface area contributed by atoms with Crippen LogP contribution in [-0.2, 0) is 0 Å². The number of aliphatic hydroxyl groups excluding tert-OH is 1. The summed E-state index contributed by atoms with van der Waals surface area (Å²) in [5, 5.41) is 28.3. The zero-order chi connectivity index (χ0) is 42.0. The van der Waals surface area contributed by atoms with Gasteiger partial charge in [0.05, 0.1) is 24.3 Å². The van der Waals surface area contributed by atoms with Crippen molar-refractivity contribution in [1.82, 2.24) is 10.2 Å². The maximum atomic E-state index is 15.7. The lowest BCUT2D eigenvalue weighted by atomic mass is 9.32. The number of amides is 2. The molecule has 0 radical (unpaired) electrons. The van der Waals surface area contributed by atoms with Gasteiger partial charge in [0.15, 0.2) is 5.78 Å². The number of urea groups is 1. The van der Waals surface area contributed by atoms with E-state index in [4.69, 9.17) is 0 Å². The van der Waals surface area contributed by atoms with Gasteiger partial charge in [0.1, 0.15) is 0 Å². The second kappa shape index (κ2) is 14.0. The number of hydrogen-bond acceptors (Lipinski definition) is 4. The molecule has 0 aromatic heterocycles. The first kappa shape index (κ1) is 39.8. The summed E-state index contributed by atoms with van der Waals surface area (Å²) in [5.74, 6) is 2.57. The molecule has 0 saturated heterocycles. The molecule has 6 bridgehead atoms. The molecule has 9 atom stereocenters. The van der Waals surface area contributed by atoms with Crippen LogP contribution in [0.2, 0.25) is 0 Å². The summed E-state index contributed by atoms with van der Waals surface area (Å²) in [6.45, 7) is 7.84. The summed E-state index contributed by atoms with van der Waals surface area (Å²) in [5.41, 5.74) is 1.96. The van der Waals surface area contributed by atoms with E-state index in [-0.39, 0.29) is 40.5 Å². The van der Waals surface area contributed by atoms with Gasteiger partial charge in [0.2, 0.25) is 0 Å². The predicted octanol–water partition coefficient (Wildman–Crippen LogP) is 11.1. The normalized spacial score (nSPS) is 41.6. The highest BCUT2D eigenvalue weighted by molar-refractivity contribution is 6.14. The first-order valence-electron chi connectivity index (χ1n) is 23.9. The lowest BCUT2D eigenvalue weighted by Gasteiger charge is -2.71. The first-order chi connectivity index (χ1) is 29.3. The Labute approximate surface area is 363 Å². The van der Waals surface area contributed by atoms with Gasteiger partial charge in [-0.1, -0.05) is 117 Å². The van der Waals surface area contributed by atoms with Crippen molar-refractivity contribution in [3.8, 4) is 11.1 Å². The molecule has 6 heteroatoms. The number of rotatable bonds is 9. The van der Waals surface area contributed by atoms with Crippen molar-refractivity contribution in [3.05, 3.63) is 120 Å². The SMILES string of the molecule is CC(NC(=O)N(CC12CC3CC(CC(C3)C1)C2)CC1(O)CCC2C34C=CC5(C=C3C(=O)c3ccccc3-c3ccccc3)CC(O)CCC5(C)C4CCC21C)c1ccccc1. The van der Waals surface area contributed by atoms with Crippen molar-refractivity contribution in [3.63, 3.8) is 0 Å². The Bertz CT molecular complexity index is 2250. The van der Waals surface area contributed by atoms with Crippen LogP contribution in [0.3, 0.4) is 0 Å². The van der Waals surface area contributed by atoms with Crippen LogP contribution in [0.25, 0.3) is 11.1 Å². The fourth-order valence-electron chi connectivity index (χ4n) is 16.8. The number of hydrogen-bond donors (Lipinski definition) is 3. The summed E-state index contributed by atoms with van der Waals surface area (Å²) >= 11 is 0. The average molecular weight is 819 g/mol.